The number of nitrogens with zero attached hydrogens (tertiary/aromatic N) is 1. The van der Waals surface area contributed by atoms with Crippen LogP contribution in [0.3, 0.4) is 0 Å². The molecular weight excluding hydrogens is 287 g/mol. The first-order chi connectivity index (χ1) is 10.1. The van der Waals surface area contributed by atoms with Crippen molar-refractivity contribution >= 4 is 11.6 Å². The second kappa shape index (κ2) is 7.53. The maximum Gasteiger partial charge on any atom is 0.127 e. The molecule has 2 rings (SSSR count). The average Bonchev–Trinajstić information content (AvgIpc) is 2.46. The smallest absolute Gasteiger partial charge is 0.127 e. The summed E-state index contributed by atoms with van der Waals surface area (Å²) in [4.78, 5) is 4.22. The van der Waals surface area contributed by atoms with E-state index >= 15 is 0 Å². The van der Waals surface area contributed by atoms with Gasteiger partial charge < -0.3 is 5.32 Å². The van der Waals surface area contributed by atoms with Crippen LogP contribution < -0.4 is 5.32 Å². The molecule has 1 aromatic carbocycles. The summed E-state index contributed by atoms with van der Waals surface area (Å²) in [5, 5.41) is 3.94. The van der Waals surface area contributed by atoms with E-state index in [4.69, 9.17) is 11.6 Å². The molecule has 0 saturated carbocycles. The third-order valence-corrected chi connectivity index (χ3v) is 3.79. The first-order valence-electron chi connectivity index (χ1n) is 7.20. The molecule has 2 nitrogen and oxygen atoms in total. The Kier molecular flexibility index (Phi) is 5.71. The third-order valence-electron chi connectivity index (χ3n) is 3.43. The van der Waals surface area contributed by atoms with Crippen molar-refractivity contribution in [3.63, 3.8) is 0 Å². The largest absolute Gasteiger partial charge is 0.310 e. The summed E-state index contributed by atoms with van der Waals surface area (Å²) in [5.74, 6) is -0.253. The van der Waals surface area contributed by atoms with Gasteiger partial charge in [0.05, 0.1) is 0 Å². The number of halogens is 2. The van der Waals surface area contributed by atoms with Crippen LogP contribution in [-0.4, -0.2) is 11.5 Å². The topological polar surface area (TPSA) is 24.9 Å². The second-order valence-electron chi connectivity index (χ2n) is 5.14. The minimum Gasteiger partial charge on any atom is -0.310 e. The maximum absolute atomic E-state index is 14.0. The molecule has 0 spiro atoms. The molecule has 0 bridgehead atoms. The summed E-state index contributed by atoms with van der Waals surface area (Å²) in [6.07, 6.45) is 3.33. The number of benzene rings is 1. The molecule has 2 aromatic rings. The molecule has 0 saturated heterocycles. The highest BCUT2D eigenvalue weighted by Crippen LogP contribution is 2.26. The zero-order valence-corrected chi connectivity index (χ0v) is 13.1. The molecular formula is C17H20ClFN2. The highest BCUT2D eigenvalue weighted by molar-refractivity contribution is 6.31. The molecule has 1 unspecified atom stereocenters. The van der Waals surface area contributed by atoms with Gasteiger partial charge in [0.25, 0.3) is 0 Å². The predicted octanol–water partition coefficient (Wildman–Crippen LogP) is 4.47. The van der Waals surface area contributed by atoms with E-state index in [1.54, 1.807) is 18.3 Å². The summed E-state index contributed by atoms with van der Waals surface area (Å²) in [7, 11) is 0. The standard InChI is InChI=1S/C17H20ClFN2/c1-3-8-21-17(13-7-9-20-12(2)10-13)11-14-15(18)5-4-6-16(14)19/h4-7,9-10,17,21H,3,8,11H2,1-2H3. The second-order valence-corrected chi connectivity index (χ2v) is 5.55. The van der Waals surface area contributed by atoms with Gasteiger partial charge in [-0.15, -0.1) is 0 Å². The van der Waals surface area contributed by atoms with Crippen molar-refractivity contribution in [1.82, 2.24) is 10.3 Å². The van der Waals surface area contributed by atoms with Gasteiger partial charge >= 0.3 is 0 Å². The van der Waals surface area contributed by atoms with Gasteiger partial charge in [0.2, 0.25) is 0 Å². The highest BCUT2D eigenvalue weighted by atomic mass is 35.5. The van der Waals surface area contributed by atoms with Crippen LogP contribution >= 0.6 is 11.6 Å². The van der Waals surface area contributed by atoms with E-state index in [-0.39, 0.29) is 11.9 Å². The third kappa shape index (κ3) is 4.26. The number of pyridine rings is 1. The molecule has 112 valence electrons. The van der Waals surface area contributed by atoms with Gasteiger partial charge in [-0.25, -0.2) is 4.39 Å². The summed E-state index contributed by atoms with van der Waals surface area (Å²) >= 11 is 6.15. The number of hydrogen-bond acceptors (Lipinski definition) is 2. The number of rotatable bonds is 6. The quantitative estimate of drug-likeness (QED) is 0.852. The summed E-state index contributed by atoms with van der Waals surface area (Å²) in [5.41, 5.74) is 2.62. The fourth-order valence-electron chi connectivity index (χ4n) is 2.34. The lowest BCUT2D eigenvalue weighted by Crippen LogP contribution is -2.24. The lowest BCUT2D eigenvalue weighted by atomic mass is 9.98. The van der Waals surface area contributed by atoms with Gasteiger partial charge in [-0.05, 0) is 56.1 Å². The zero-order valence-electron chi connectivity index (χ0n) is 12.4. The maximum atomic E-state index is 14.0. The molecule has 0 amide bonds. The Labute approximate surface area is 130 Å². The molecule has 1 heterocycles. The summed E-state index contributed by atoms with van der Waals surface area (Å²) in [6, 6.07) is 8.84. The van der Waals surface area contributed by atoms with Crippen LogP contribution in [0.1, 0.15) is 36.2 Å². The van der Waals surface area contributed by atoms with Crippen LogP contribution in [0.2, 0.25) is 5.02 Å². The van der Waals surface area contributed by atoms with Gasteiger partial charge in [0.1, 0.15) is 5.82 Å². The van der Waals surface area contributed by atoms with Gasteiger partial charge in [0, 0.05) is 28.5 Å². The minimum atomic E-state index is -0.253. The van der Waals surface area contributed by atoms with Crippen molar-refractivity contribution in [1.29, 1.82) is 0 Å². The van der Waals surface area contributed by atoms with Crippen LogP contribution in [0.4, 0.5) is 4.39 Å². The van der Waals surface area contributed by atoms with E-state index in [1.807, 2.05) is 19.1 Å². The van der Waals surface area contributed by atoms with Crippen molar-refractivity contribution in [3.05, 3.63) is 64.2 Å². The van der Waals surface area contributed by atoms with Gasteiger partial charge in [-0.3, -0.25) is 4.98 Å². The summed E-state index contributed by atoms with van der Waals surface area (Å²) in [6.45, 7) is 4.94. The molecule has 0 aliphatic rings. The Morgan fingerprint density at radius 3 is 2.81 bits per heavy atom. The molecule has 0 fully saturated rings. The Morgan fingerprint density at radius 2 is 2.14 bits per heavy atom. The van der Waals surface area contributed by atoms with E-state index in [1.165, 1.54) is 6.07 Å². The molecule has 0 aliphatic carbocycles. The fraction of sp³-hybridized carbons (Fsp3) is 0.353. The predicted molar refractivity (Wildman–Crippen MR) is 85.1 cm³/mol. The Morgan fingerprint density at radius 1 is 1.33 bits per heavy atom. The molecule has 1 N–H and O–H groups in total. The van der Waals surface area contributed by atoms with Crippen molar-refractivity contribution in [2.24, 2.45) is 0 Å². The van der Waals surface area contributed by atoms with Crippen molar-refractivity contribution in [2.45, 2.75) is 32.7 Å². The minimum absolute atomic E-state index is 0.0287. The van der Waals surface area contributed by atoms with E-state index in [9.17, 15) is 4.39 Å². The van der Waals surface area contributed by atoms with Gasteiger partial charge in [-0.2, -0.15) is 0 Å². The Bertz CT molecular complexity index is 581. The Balaban J connectivity index is 2.28. The van der Waals surface area contributed by atoms with Crippen molar-refractivity contribution < 1.29 is 4.39 Å². The van der Waals surface area contributed by atoms with Crippen LogP contribution in [0, 0.1) is 12.7 Å². The summed E-state index contributed by atoms with van der Waals surface area (Å²) < 4.78 is 14.0. The molecule has 1 aromatic heterocycles. The zero-order chi connectivity index (χ0) is 15.2. The molecule has 0 radical (unpaired) electrons. The number of aromatic nitrogens is 1. The number of aryl methyl sites for hydroxylation is 1. The SMILES string of the molecule is CCCNC(Cc1c(F)cccc1Cl)c1ccnc(C)c1. The normalized spacial score (nSPS) is 12.4. The molecule has 4 heteroatoms. The first-order valence-corrected chi connectivity index (χ1v) is 7.58. The average molecular weight is 307 g/mol. The lowest BCUT2D eigenvalue weighted by Gasteiger charge is -2.20. The number of nitrogens with one attached hydrogen (secondary N) is 1. The van der Waals surface area contributed by atoms with Crippen molar-refractivity contribution in [3.8, 4) is 0 Å². The first kappa shape index (κ1) is 15.9. The van der Waals surface area contributed by atoms with Crippen LogP contribution in [-0.2, 0) is 6.42 Å². The van der Waals surface area contributed by atoms with Gasteiger partial charge in [-0.1, -0.05) is 24.6 Å². The van der Waals surface area contributed by atoms with Gasteiger partial charge in [0.15, 0.2) is 0 Å². The highest BCUT2D eigenvalue weighted by Gasteiger charge is 2.16. The van der Waals surface area contributed by atoms with E-state index in [2.05, 4.69) is 17.2 Å². The van der Waals surface area contributed by atoms with Crippen LogP contribution in [0.25, 0.3) is 0 Å². The van der Waals surface area contributed by atoms with Crippen LogP contribution in [0.15, 0.2) is 36.5 Å². The van der Waals surface area contributed by atoms with E-state index in [0.29, 0.717) is 17.0 Å². The van der Waals surface area contributed by atoms with E-state index in [0.717, 1.165) is 24.2 Å². The monoisotopic (exact) mass is 306 g/mol. The van der Waals surface area contributed by atoms with Crippen molar-refractivity contribution in [2.75, 3.05) is 6.54 Å². The van der Waals surface area contributed by atoms with Crippen LogP contribution in [0.5, 0.6) is 0 Å². The molecule has 1 atom stereocenters. The molecule has 21 heavy (non-hydrogen) atoms. The molecule has 0 aliphatic heterocycles. The fourth-order valence-corrected chi connectivity index (χ4v) is 2.58. The van der Waals surface area contributed by atoms with E-state index < -0.39 is 0 Å². The number of hydrogen-bond donors (Lipinski definition) is 1. The Hall–Kier alpha value is -1.45. The lowest BCUT2D eigenvalue weighted by molar-refractivity contribution is 0.512.